The lowest BCUT2D eigenvalue weighted by Gasteiger charge is -2.66. The molecule has 0 aromatic heterocycles. The van der Waals surface area contributed by atoms with Gasteiger partial charge in [-0.15, -0.1) is 0 Å². The molecule has 4 rings (SSSR count). The fourth-order valence-electron chi connectivity index (χ4n) is 5.06. The largest absolute Gasteiger partial charge is 0.326 e. The Morgan fingerprint density at radius 3 is 2.21 bits per heavy atom. The molecule has 4 aliphatic rings. The second-order valence-electron chi connectivity index (χ2n) is 8.62. The Bertz CT molecular complexity index is 621. The van der Waals surface area contributed by atoms with E-state index in [-0.39, 0.29) is 35.8 Å². The molecular weight excluding hydrogens is 362 g/mol. The van der Waals surface area contributed by atoms with Gasteiger partial charge in [-0.3, -0.25) is 14.5 Å². The summed E-state index contributed by atoms with van der Waals surface area (Å²) in [5, 5.41) is 0. The number of rotatable bonds is 10. The maximum absolute atomic E-state index is 11.9. The third-order valence-corrected chi connectivity index (χ3v) is 6.99. The number of imide groups is 1. The Hall–Kier alpha value is -1.28. The smallest absolute Gasteiger partial charge is 0.313 e. The SMILES string of the molecule is CCOC(CCN1C(=O)C=CC1=O)(OCC)OOC12CC(CCC1C)C2(C)C. The van der Waals surface area contributed by atoms with Crippen molar-refractivity contribution in [3.63, 3.8) is 0 Å². The molecule has 0 aromatic carbocycles. The standard InChI is InChI=1S/C21H33NO6/c1-6-25-21(26-7-2,12-13-22-17(23)10-11-18(22)24)28-27-20-14-16(19(20,4)5)9-8-15(20)3/h10-11,15-16H,6-9,12-14H2,1-5H3. The molecule has 2 bridgehead atoms. The lowest BCUT2D eigenvalue weighted by molar-refractivity contribution is -0.559. The van der Waals surface area contributed by atoms with Crippen LogP contribution in [0.3, 0.4) is 0 Å². The minimum atomic E-state index is -1.46. The highest BCUT2D eigenvalue weighted by Crippen LogP contribution is 2.66. The van der Waals surface area contributed by atoms with Gasteiger partial charge in [0.05, 0.1) is 6.42 Å². The molecule has 0 radical (unpaired) electrons. The van der Waals surface area contributed by atoms with Crippen LogP contribution in [0, 0.1) is 17.3 Å². The van der Waals surface area contributed by atoms with Gasteiger partial charge >= 0.3 is 5.97 Å². The normalized spacial score (nSPS) is 31.4. The average molecular weight is 395 g/mol. The van der Waals surface area contributed by atoms with Gasteiger partial charge in [0.25, 0.3) is 11.8 Å². The predicted molar refractivity (Wildman–Crippen MR) is 102 cm³/mol. The number of carbonyl (C=O) groups excluding carboxylic acids is 2. The molecule has 3 atom stereocenters. The van der Waals surface area contributed by atoms with E-state index in [1.54, 1.807) is 0 Å². The third kappa shape index (κ3) is 3.43. The van der Waals surface area contributed by atoms with Crippen molar-refractivity contribution in [1.29, 1.82) is 0 Å². The monoisotopic (exact) mass is 395 g/mol. The van der Waals surface area contributed by atoms with Crippen molar-refractivity contribution in [3.8, 4) is 0 Å². The summed E-state index contributed by atoms with van der Waals surface area (Å²) < 4.78 is 11.6. The topological polar surface area (TPSA) is 74.3 Å². The minimum absolute atomic E-state index is 0.0135. The molecule has 1 aliphatic heterocycles. The van der Waals surface area contributed by atoms with Gasteiger partial charge in [0.1, 0.15) is 5.60 Å². The highest BCUT2D eigenvalue weighted by atomic mass is 17.3. The number of hydrogen-bond acceptors (Lipinski definition) is 6. The molecule has 0 saturated heterocycles. The van der Waals surface area contributed by atoms with Crippen LogP contribution < -0.4 is 0 Å². The van der Waals surface area contributed by atoms with Gasteiger partial charge in [-0.05, 0) is 44.9 Å². The van der Waals surface area contributed by atoms with Crippen LogP contribution in [-0.2, 0) is 28.8 Å². The maximum atomic E-state index is 11.9. The van der Waals surface area contributed by atoms with Crippen LogP contribution in [0.15, 0.2) is 12.2 Å². The summed E-state index contributed by atoms with van der Waals surface area (Å²) >= 11 is 0. The molecule has 7 heteroatoms. The van der Waals surface area contributed by atoms with Gasteiger partial charge in [-0.1, -0.05) is 20.8 Å². The average Bonchev–Trinajstić information content (AvgIpc) is 2.97. The number of carbonyl (C=O) groups is 2. The second kappa shape index (κ2) is 7.86. The van der Waals surface area contributed by atoms with E-state index in [1.807, 2.05) is 13.8 Å². The van der Waals surface area contributed by atoms with E-state index < -0.39 is 5.97 Å². The summed E-state index contributed by atoms with van der Waals surface area (Å²) in [4.78, 5) is 37.0. The highest BCUT2D eigenvalue weighted by molar-refractivity contribution is 6.12. The second-order valence-corrected chi connectivity index (χ2v) is 8.62. The van der Waals surface area contributed by atoms with E-state index >= 15 is 0 Å². The maximum Gasteiger partial charge on any atom is 0.313 e. The summed E-state index contributed by atoms with van der Waals surface area (Å²) in [6.07, 6.45) is 5.99. The first-order valence-electron chi connectivity index (χ1n) is 10.4. The van der Waals surface area contributed by atoms with Gasteiger partial charge in [0, 0.05) is 37.3 Å². The summed E-state index contributed by atoms with van der Waals surface area (Å²) in [5.74, 6) is -1.14. The van der Waals surface area contributed by atoms with Crippen LogP contribution in [0.25, 0.3) is 0 Å². The van der Waals surface area contributed by atoms with Crippen LogP contribution in [-0.4, -0.2) is 48.0 Å². The molecule has 2 amide bonds. The summed E-state index contributed by atoms with van der Waals surface area (Å²) in [6, 6.07) is 0. The molecule has 28 heavy (non-hydrogen) atoms. The Morgan fingerprint density at radius 1 is 1.11 bits per heavy atom. The van der Waals surface area contributed by atoms with E-state index in [2.05, 4.69) is 20.8 Å². The molecule has 0 spiro atoms. The molecule has 3 fully saturated rings. The lowest BCUT2D eigenvalue weighted by atomic mass is 9.43. The van der Waals surface area contributed by atoms with Crippen molar-refractivity contribution < 1.29 is 28.8 Å². The first-order chi connectivity index (χ1) is 13.2. The Morgan fingerprint density at radius 2 is 1.71 bits per heavy atom. The fourth-order valence-corrected chi connectivity index (χ4v) is 5.06. The van der Waals surface area contributed by atoms with E-state index in [0.29, 0.717) is 25.0 Å². The molecule has 158 valence electrons. The quantitative estimate of drug-likeness (QED) is 0.245. The summed E-state index contributed by atoms with van der Waals surface area (Å²) in [7, 11) is 0. The molecule has 1 heterocycles. The van der Waals surface area contributed by atoms with Gasteiger partial charge in [-0.2, -0.15) is 4.89 Å². The van der Waals surface area contributed by atoms with Crippen LogP contribution in [0.2, 0.25) is 0 Å². The van der Waals surface area contributed by atoms with Crippen LogP contribution >= 0.6 is 0 Å². The number of amides is 2. The zero-order valence-electron chi connectivity index (χ0n) is 17.7. The van der Waals surface area contributed by atoms with Gasteiger partial charge in [-0.25, -0.2) is 4.89 Å². The molecule has 3 unspecified atom stereocenters. The summed E-state index contributed by atoms with van der Waals surface area (Å²) in [5.41, 5.74) is -0.365. The minimum Gasteiger partial charge on any atom is -0.326 e. The first kappa shape index (κ1) is 21.4. The van der Waals surface area contributed by atoms with E-state index in [0.717, 1.165) is 17.7 Å². The van der Waals surface area contributed by atoms with E-state index in [1.165, 1.54) is 18.6 Å². The van der Waals surface area contributed by atoms with Crippen LogP contribution in [0.4, 0.5) is 0 Å². The Balaban J connectivity index is 1.72. The zero-order chi connectivity index (χ0) is 20.6. The van der Waals surface area contributed by atoms with Crippen molar-refractivity contribution in [1.82, 2.24) is 4.90 Å². The fraction of sp³-hybridized carbons (Fsp3) is 0.810. The van der Waals surface area contributed by atoms with Crippen molar-refractivity contribution in [2.75, 3.05) is 19.8 Å². The van der Waals surface area contributed by atoms with Crippen molar-refractivity contribution in [2.24, 2.45) is 17.3 Å². The zero-order valence-corrected chi connectivity index (χ0v) is 17.7. The number of fused-ring (bicyclic) bond motifs is 2. The molecule has 0 aromatic rings. The first-order valence-corrected chi connectivity index (χ1v) is 10.4. The molecule has 0 N–H and O–H groups in total. The number of ether oxygens (including phenoxy) is 2. The van der Waals surface area contributed by atoms with E-state index in [9.17, 15) is 9.59 Å². The van der Waals surface area contributed by atoms with Crippen molar-refractivity contribution >= 4 is 11.8 Å². The van der Waals surface area contributed by atoms with E-state index in [4.69, 9.17) is 19.2 Å². The summed E-state index contributed by atoms with van der Waals surface area (Å²) in [6.45, 7) is 11.2. The van der Waals surface area contributed by atoms with Gasteiger partial charge < -0.3 is 9.47 Å². The highest BCUT2D eigenvalue weighted by Gasteiger charge is 2.67. The molecule has 7 nitrogen and oxygen atoms in total. The number of nitrogens with zero attached hydrogens (tertiary/aromatic N) is 1. The number of hydrogen-bond donors (Lipinski definition) is 0. The Kier molecular flexibility index (Phi) is 6.01. The van der Waals surface area contributed by atoms with Crippen molar-refractivity contribution in [2.45, 2.75) is 71.9 Å². The predicted octanol–water partition coefficient (Wildman–Crippen LogP) is 3.19. The molecule has 3 saturated carbocycles. The lowest BCUT2D eigenvalue weighted by Crippen LogP contribution is -2.69. The van der Waals surface area contributed by atoms with Crippen LogP contribution in [0.5, 0.6) is 0 Å². The van der Waals surface area contributed by atoms with Crippen LogP contribution in [0.1, 0.15) is 60.3 Å². The third-order valence-electron chi connectivity index (χ3n) is 6.99. The Labute approximate surface area is 167 Å². The van der Waals surface area contributed by atoms with Gasteiger partial charge in [0.15, 0.2) is 0 Å². The van der Waals surface area contributed by atoms with Crippen molar-refractivity contribution in [3.05, 3.63) is 12.2 Å². The molecule has 3 aliphatic carbocycles. The van der Waals surface area contributed by atoms with Gasteiger partial charge in [0.2, 0.25) is 0 Å². The molecular formula is C21H33NO6.